The summed E-state index contributed by atoms with van der Waals surface area (Å²) in [5.41, 5.74) is 1.51. The minimum absolute atomic E-state index is 0.0171. The molecule has 6 nitrogen and oxygen atoms in total. The predicted molar refractivity (Wildman–Crippen MR) is 76.5 cm³/mol. The molecule has 2 rings (SSSR count). The fourth-order valence-electron chi connectivity index (χ4n) is 2.22. The van der Waals surface area contributed by atoms with Gasteiger partial charge >= 0.3 is 5.97 Å². The molecule has 114 valence electrons. The summed E-state index contributed by atoms with van der Waals surface area (Å²) in [5, 5.41) is 11.4. The molecule has 1 aliphatic rings. The van der Waals surface area contributed by atoms with Crippen LogP contribution in [-0.4, -0.2) is 36.3 Å². The molecule has 2 N–H and O–H groups in total. The van der Waals surface area contributed by atoms with Crippen LogP contribution in [-0.2, 0) is 14.3 Å². The Morgan fingerprint density at radius 1 is 1.48 bits per heavy atom. The Morgan fingerprint density at radius 3 is 2.90 bits per heavy atom. The molecule has 1 saturated heterocycles. The van der Waals surface area contributed by atoms with Crippen molar-refractivity contribution in [3.05, 3.63) is 23.8 Å². The fourth-order valence-corrected chi connectivity index (χ4v) is 2.22. The van der Waals surface area contributed by atoms with Gasteiger partial charge in [-0.2, -0.15) is 0 Å². The predicted octanol–water partition coefficient (Wildman–Crippen LogP) is 1.97. The summed E-state index contributed by atoms with van der Waals surface area (Å²) in [5.74, 6) is -0.641. The van der Waals surface area contributed by atoms with Crippen LogP contribution < -0.4 is 10.1 Å². The summed E-state index contributed by atoms with van der Waals surface area (Å²) < 4.78 is 10.5. The highest BCUT2D eigenvalue weighted by Gasteiger charge is 2.19. The lowest BCUT2D eigenvalue weighted by Gasteiger charge is -2.12. The molecule has 0 aromatic heterocycles. The second kappa shape index (κ2) is 7.08. The van der Waals surface area contributed by atoms with Crippen LogP contribution >= 0.6 is 0 Å². The van der Waals surface area contributed by atoms with E-state index in [4.69, 9.17) is 14.6 Å². The lowest BCUT2D eigenvalue weighted by Crippen LogP contribution is -2.19. The average Bonchev–Trinajstić information content (AvgIpc) is 2.92. The Morgan fingerprint density at radius 2 is 2.29 bits per heavy atom. The largest absolute Gasteiger partial charge is 0.482 e. The maximum Gasteiger partial charge on any atom is 0.341 e. The number of ether oxygens (including phenoxy) is 2. The molecule has 1 aliphatic heterocycles. The molecular formula is C15H19NO5. The van der Waals surface area contributed by atoms with E-state index in [-0.39, 0.29) is 18.6 Å². The van der Waals surface area contributed by atoms with Gasteiger partial charge in [0.2, 0.25) is 5.91 Å². The molecule has 0 radical (unpaired) electrons. The Bertz CT molecular complexity index is 523. The molecule has 1 aromatic carbocycles. The summed E-state index contributed by atoms with van der Waals surface area (Å²) >= 11 is 0. The number of benzene rings is 1. The first-order valence-corrected chi connectivity index (χ1v) is 6.91. The van der Waals surface area contributed by atoms with Gasteiger partial charge in [-0.1, -0.05) is 0 Å². The van der Waals surface area contributed by atoms with Gasteiger partial charge in [-0.05, 0) is 43.5 Å². The van der Waals surface area contributed by atoms with Crippen molar-refractivity contribution in [3.63, 3.8) is 0 Å². The van der Waals surface area contributed by atoms with Crippen LogP contribution in [0.3, 0.4) is 0 Å². The molecule has 1 atom stereocenters. The summed E-state index contributed by atoms with van der Waals surface area (Å²) in [7, 11) is 0. The second-order valence-electron chi connectivity index (χ2n) is 5.05. The van der Waals surface area contributed by atoms with Gasteiger partial charge in [-0.25, -0.2) is 4.79 Å². The third-order valence-corrected chi connectivity index (χ3v) is 3.27. The zero-order chi connectivity index (χ0) is 15.2. The Balaban J connectivity index is 1.90. The quantitative estimate of drug-likeness (QED) is 0.837. The number of carbonyl (C=O) groups is 2. The van der Waals surface area contributed by atoms with Crippen LogP contribution in [0.15, 0.2) is 18.2 Å². The van der Waals surface area contributed by atoms with Crippen molar-refractivity contribution >= 4 is 17.6 Å². The molecule has 6 heteroatoms. The Hall–Kier alpha value is -2.08. The highest BCUT2D eigenvalue weighted by molar-refractivity contribution is 5.91. The van der Waals surface area contributed by atoms with E-state index in [9.17, 15) is 9.59 Å². The minimum atomic E-state index is -1.03. The number of aryl methyl sites for hydroxylation is 1. The van der Waals surface area contributed by atoms with Crippen molar-refractivity contribution in [1.82, 2.24) is 0 Å². The molecule has 0 spiro atoms. The van der Waals surface area contributed by atoms with E-state index in [1.54, 1.807) is 18.2 Å². The standard InChI is InChI=1S/C15H19NO5/c1-10-7-12(21-9-15(18)19)4-5-13(10)16-14(17)8-11-3-2-6-20-11/h4-5,7,11H,2-3,6,8-9H2,1H3,(H,16,17)(H,18,19). The van der Waals surface area contributed by atoms with Crippen LogP contribution in [0.2, 0.25) is 0 Å². The zero-order valence-corrected chi connectivity index (χ0v) is 11.9. The van der Waals surface area contributed by atoms with Gasteiger partial charge < -0.3 is 19.9 Å². The Labute approximate surface area is 123 Å². The van der Waals surface area contributed by atoms with Gasteiger partial charge in [0.15, 0.2) is 6.61 Å². The molecule has 1 unspecified atom stereocenters. The topological polar surface area (TPSA) is 84.9 Å². The molecule has 1 aromatic rings. The minimum Gasteiger partial charge on any atom is -0.482 e. The molecule has 1 fully saturated rings. The Kier molecular flexibility index (Phi) is 5.16. The highest BCUT2D eigenvalue weighted by atomic mass is 16.5. The van der Waals surface area contributed by atoms with Crippen molar-refractivity contribution in [3.8, 4) is 5.75 Å². The van der Waals surface area contributed by atoms with Gasteiger partial charge in [0, 0.05) is 12.3 Å². The van der Waals surface area contributed by atoms with E-state index in [1.807, 2.05) is 6.92 Å². The SMILES string of the molecule is Cc1cc(OCC(=O)O)ccc1NC(=O)CC1CCCO1. The van der Waals surface area contributed by atoms with Gasteiger partial charge in [-0.3, -0.25) is 4.79 Å². The number of hydrogen-bond donors (Lipinski definition) is 2. The normalized spacial score (nSPS) is 17.5. The van der Waals surface area contributed by atoms with E-state index in [2.05, 4.69) is 5.32 Å². The summed E-state index contributed by atoms with van der Waals surface area (Å²) in [6.07, 6.45) is 2.31. The van der Waals surface area contributed by atoms with E-state index in [0.717, 1.165) is 25.0 Å². The van der Waals surface area contributed by atoms with E-state index >= 15 is 0 Å². The maximum absolute atomic E-state index is 11.9. The van der Waals surface area contributed by atoms with Crippen LogP contribution in [0.5, 0.6) is 5.75 Å². The lowest BCUT2D eigenvalue weighted by atomic mass is 10.1. The molecule has 1 amide bonds. The molecule has 0 saturated carbocycles. The summed E-state index contributed by atoms with van der Waals surface area (Å²) in [6, 6.07) is 5.04. The van der Waals surface area contributed by atoms with Crippen molar-refractivity contribution in [2.24, 2.45) is 0 Å². The number of carboxylic acid groups (broad SMARTS) is 1. The average molecular weight is 293 g/mol. The number of anilines is 1. The third-order valence-electron chi connectivity index (χ3n) is 3.27. The molecule has 0 bridgehead atoms. The van der Waals surface area contributed by atoms with Crippen molar-refractivity contribution < 1.29 is 24.2 Å². The maximum atomic E-state index is 11.9. The van der Waals surface area contributed by atoms with Gasteiger partial charge in [0.1, 0.15) is 5.75 Å². The van der Waals surface area contributed by atoms with Gasteiger partial charge in [-0.15, -0.1) is 0 Å². The number of nitrogens with one attached hydrogen (secondary N) is 1. The van der Waals surface area contributed by atoms with Gasteiger partial charge in [0.25, 0.3) is 0 Å². The monoisotopic (exact) mass is 293 g/mol. The first-order valence-electron chi connectivity index (χ1n) is 6.91. The summed E-state index contributed by atoms with van der Waals surface area (Å²) in [4.78, 5) is 22.4. The second-order valence-corrected chi connectivity index (χ2v) is 5.05. The first-order chi connectivity index (χ1) is 10.0. The van der Waals surface area contributed by atoms with Crippen LogP contribution in [0.4, 0.5) is 5.69 Å². The van der Waals surface area contributed by atoms with Gasteiger partial charge in [0.05, 0.1) is 12.5 Å². The van der Waals surface area contributed by atoms with Crippen LogP contribution in [0, 0.1) is 6.92 Å². The van der Waals surface area contributed by atoms with E-state index in [0.29, 0.717) is 17.9 Å². The zero-order valence-electron chi connectivity index (χ0n) is 11.9. The first kappa shape index (κ1) is 15.3. The van der Waals surface area contributed by atoms with E-state index < -0.39 is 5.97 Å². The highest BCUT2D eigenvalue weighted by Crippen LogP contribution is 2.22. The van der Waals surface area contributed by atoms with Crippen molar-refractivity contribution in [1.29, 1.82) is 0 Å². The van der Waals surface area contributed by atoms with Crippen molar-refractivity contribution in [2.45, 2.75) is 32.3 Å². The lowest BCUT2D eigenvalue weighted by molar-refractivity contribution is -0.139. The third kappa shape index (κ3) is 4.75. The van der Waals surface area contributed by atoms with Crippen molar-refractivity contribution in [2.75, 3.05) is 18.5 Å². The number of aliphatic carboxylic acids is 1. The molecular weight excluding hydrogens is 274 g/mol. The summed E-state index contributed by atoms with van der Waals surface area (Å²) in [6.45, 7) is 2.17. The smallest absolute Gasteiger partial charge is 0.341 e. The molecule has 1 heterocycles. The number of carbonyl (C=O) groups excluding carboxylic acids is 1. The van der Waals surface area contributed by atoms with E-state index in [1.165, 1.54) is 0 Å². The molecule has 0 aliphatic carbocycles. The van der Waals surface area contributed by atoms with Crippen LogP contribution in [0.25, 0.3) is 0 Å². The fraction of sp³-hybridized carbons (Fsp3) is 0.467. The number of rotatable bonds is 6. The number of carboxylic acids is 1. The van der Waals surface area contributed by atoms with Crippen LogP contribution in [0.1, 0.15) is 24.8 Å². The number of amides is 1. The number of hydrogen-bond acceptors (Lipinski definition) is 4. The molecule has 21 heavy (non-hydrogen) atoms.